The van der Waals surface area contributed by atoms with Crippen molar-refractivity contribution < 1.29 is 18.3 Å². The van der Waals surface area contributed by atoms with Gasteiger partial charge >= 0.3 is 5.97 Å². The van der Waals surface area contributed by atoms with Gasteiger partial charge < -0.3 is 10.0 Å². The largest absolute Gasteiger partial charge is 0.478 e. The highest BCUT2D eigenvalue weighted by Gasteiger charge is 2.28. The van der Waals surface area contributed by atoms with Gasteiger partial charge in [0, 0.05) is 23.6 Å². The van der Waals surface area contributed by atoms with E-state index >= 15 is 0 Å². The maximum Gasteiger partial charge on any atom is 0.337 e. The van der Waals surface area contributed by atoms with Crippen LogP contribution in [0.1, 0.15) is 24.2 Å². The smallest absolute Gasteiger partial charge is 0.337 e. The van der Waals surface area contributed by atoms with Gasteiger partial charge in [0.05, 0.1) is 16.1 Å². The fraction of sp³-hybridized carbons (Fsp3) is 0.462. The van der Waals surface area contributed by atoms with Gasteiger partial charge in [-0.2, -0.15) is 11.8 Å². The molecule has 1 saturated heterocycles. The Morgan fingerprint density at radius 1 is 1.43 bits per heavy atom. The average Bonchev–Trinajstić information content (AvgIpc) is 2.40. The normalized spacial score (nSPS) is 23.1. The van der Waals surface area contributed by atoms with Crippen molar-refractivity contribution >= 4 is 33.4 Å². The number of carboxylic acid groups (broad SMARTS) is 1. The van der Waals surface area contributed by atoms with Crippen molar-refractivity contribution in [1.29, 1.82) is 0 Å². The van der Waals surface area contributed by atoms with E-state index in [0.717, 1.165) is 18.4 Å². The Morgan fingerprint density at radius 2 is 2.10 bits per heavy atom. The fourth-order valence-electron chi connectivity index (χ4n) is 2.39. The lowest BCUT2D eigenvalue weighted by Gasteiger charge is -2.39. The second-order valence-electron chi connectivity index (χ2n) is 5.04. The topological polar surface area (TPSA) is 101 Å². The summed E-state index contributed by atoms with van der Waals surface area (Å²) in [5.41, 5.74) is 0.502. The molecule has 1 aromatic rings. The van der Waals surface area contributed by atoms with E-state index in [9.17, 15) is 18.3 Å². The quantitative estimate of drug-likeness (QED) is 0.868. The summed E-state index contributed by atoms with van der Waals surface area (Å²) in [4.78, 5) is 13.3. The highest BCUT2D eigenvalue weighted by atomic mass is 32.2. The molecule has 0 aromatic heterocycles. The Labute approximate surface area is 128 Å². The van der Waals surface area contributed by atoms with Gasteiger partial charge in [-0.1, -0.05) is 6.92 Å². The van der Waals surface area contributed by atoms with Crippen LogP contribution in [-0.4, -0.2) is 43.1 Å². The lowest BCUT2D eigenvalue weighted by atomic mass is 10.1. The lowest BCUT2D eigenvalue weighted by Crippen LogP contribution is -2.45. The number of aromatic carboxylic acids is 1. The van der Waals surface area contributed by atoms with Crippen molar-refractivity contribution in [2.75, 3.05) is 17.2 Å². The van der Waals surface area contributed by atoms with Crippen LogP contribution in [0.2, 0.25) is 0 Å². The van der Waals surface area contributed by atoms with Crippen molar-refractivity contribution in [3.63, 3.8) is 0 Å². The van der Waals surface area contributed by atoms with Gasteiger partial charge in [-0.3, -0.25) is 0 Å². The highest BCUT2D eigenvalue weighted by molar-refractivity contribution is 8.00. The first-order chi connectivity index (χ1) is 9.71. The molecule has 116 valence electrons. The maximum absolute atomic E-state index is 11.5. The zero-order chi connectivity index (χ0) is 15.8. The third-order valence-electron chi connectivity index (χ3n) is 3.72. The molecule has 0 saturated carbocycles. The predicted octanol–water partition coefficient (Wildman–Crippen LogP) is 1.36. The number of hydrogen-bond donors (Lipinski definition) is 2. The molecule has 1 aliphatic heterocycles. The minimum absolute atomic E-state index is 0.0347. The van der Waals surface area contributed by atoms with Crippen LogP contribution in [0.3, 0.4) is 0 Å². The zero-order valence-corrected chi connectivity index (χ0v) is 13.4. The van der Waals surface area contributed by atoms with Crippen LogP contribution in [0.15, 0.2) is 23.1 Å². The molecule has 2 atom stereocenters. The highest BCUT2D eigenvalue weighted by Crippen LogP contribution is 2.32. The van der Waals surface area contributed by atoms with E-state index in [-0.39, 0.29) is 16.5 Å². The summed E-state index contributed by atoms with van der Waals surface area (Å²) in [5, 5.41) is 14.8. The Morgan fingerprint density at radius 3 is 2.67 bits per heavy atom. The van der Waals surface area contributed by atoms with Crippen LogP contribution in [0.4, 0.5) is 5.69 Å². The van der Waals surface area contributed by atoms with Gasteiger partial charge in [-0.15, -0.1) is 0 Å². The molecular formula is C13H18N2O4S2. The molecule has 21 heavy (non-hydrogen) atoms. The third-order valence-corrected chi connectivity index (χ3v) is 5.97. The molecular weight excluding hydrogens is 312 g/mol. The third kappa shape index (κ3) is 3.33. The van der Waals surface area contributed by atoms with E-state index in [0.29, 0.717) is 10.9 Å². The molecule has 1 heterocycles. The van der Waals surface area contributed by atoms with E-state index in [1.165, 1.54) is 12.1 Å². The number of thioether (sulfide) groups is 1. The number of sulfonamides is 1. The van der Waals surface area contributed by atoms with Crippen molar-refractivity contribution in [1.82, 2.24) is 0 Å². The molecule has 1 fully saturated rings. The number of anilines is 1. The summed E-state index contributed by atoms with van der Waals surface area (Å²) in [6.07, 6.45) is 0. The second-order valence-corrected chi connectivity index (χ2v) is 8.09. The number of carboxylic acids is 1. The Balaban J connectivity index is 2.51. The second kappa shape index (κ2) is 5.86. The molecule has 0 radical (unpaired) electrons. The van der Waals surface area contributed by atoms with Gasteiger partial charge in [0.1, 0.15) is 0 Å². The van der Waals surface area contributed by atoms with E-state index in [1.807, 2.05) is 23.6 Å². The summed E-state index contributed by atoms with van der Waals surface area (Å²) in [7, 11) is -3.92. The van der Waals surface area contributed by atoms with Gasteiger partial charge in [0.25, 0.3) is 0 Å². The number of nitrogens with two attached hydrogens (primary N) is 1. The van der Waals surface area contributed by atoms with Crippen LogP contribution in [0, 0.1) is 0 Å². The van der Waals surface area contributed by atoms with Crippen molar-refractivity contribution in [3.05, 3.63) is 23.8 Å². The summed E-state index contributed by atoms with van der Waals surface area (Å²) in [5.74, 6) is -0.254. The molecule has 0 amide bonds. The van der Waals surface area contributed by atoms with Gasteiger partial charge in [0.15, 0.2) is 0 Å². The first-order valence-corrected chi connectivity index (χ1v) is 9.09. The average molecular weight is 330 g/mol. The Hall–Kier alpha value is -1.25. The van der Waals surface area contributed by atoms with E-state index in [4.69, 9.17) is 5.14 Å². The minimum Gasteiger partial charge on any atom is -0.478 e. The molecule has 3 N–H and O–H groups in total. The number of primary sulfonamides is 1. The van der Waals surface area contributed by atoms with Crippen LogP contribution >= 0.6 is 11.8 Å². The monoisotopic (exact) mass is 330 g/mol. The van der Waals surface area contributed by atoms with E-state index in [1.54, 1.807) is 0 Å². The molecule has 2 unspecified atom stereocenters. The number of rotatable bonds is 3. The molecule has 1 aromatic carbocycles. The molecule has 0 bridgehead atoms. The van der Waals surface area contributed by atoms with Crippen LogP contribution in [0.5, 0.6) is 0 Å². The zero-order valence-electron chi connectivity index (χ0n) is 11.8. The summed E-state index contributed by atoms with van der Waals surface area (Å²) < 4.78 is 22.8. The van der Waals surface area contributed by atoms with Crippen LogP contribution in [0.25, 0.3) is 0 Å². The number of carbonyl (C=O) groups is 1. The number of nitrogens with zero attached hydrogens (tertiary/aromatic N) is 1. The molecule has 0 spiro atoms. The van der Waals surface area contributed by atoms with Gasteiger partial charge in [0.2, 0.25) is 10.0 Å². The predicted molar refractivity (Wildman–Crippen MR) is 83.5 cm³/mol. The molecule has 6 nitrogen and oxygen atoms in total. The van der Waals surface area contributed by atoms with Crippen molar-refractivity contribution in [2.24, 2.45) is 5.14 Å². The standard InChI is InChI=1S/C13H18N2O4S2/c1-8-9(2)20-6-5-15(8)12-4-3-10(21(14,18)19)7-11(12)13(16)17/h3-4,7-9H,5-6H2,1-2H3,(H,16,17)(H2,14,18,19). The van der Waals surface area contributed by atoms with Crippen molar-refractivity contribution in [2.45, 2.75) is 30.0 Å². The molecule has 2 rings (SSSR count). The fourth-order valence-corrected chi connectivity index (χ4v) is 4.03. The first-order valence-electron chi connectivity index (χ1n) is 6.50. The maximum atomic E-state index is 11.5. The van der Waals surface area contributed by atoms with Crippen LogP contribution in [-0.2, 0) is 10.0 Å². The lowest BCUT2D eigenvalue weighted by molar-refractivity contribution is 0.0697. The summed E-state index contributed by atoms with van der Waals surface area (Å²) in [6, 6.07) is 4.19. The van der Waals surface area contributed by atoms with Crippen LogP contribution < -0.4 is 10.0 Å². The van der Waals surface area contributed by atoms with Gasteiger partial charge in [-0.05, 0) is 25.1 Å². The summed E-state index contributed by atoms with van der Waals surface area (Å²) >= 11 is 1.84. The van der Waals surface area contributed by atoms with E-state index < -0.39 is 16.0 Å². The van der Waals surface area contributed by atoms with Gasteiger partial charge in [-0.25, -0.2) is 18.4 Å². The number of benzene rings is 1. The van der Waals surface area contributed by atoms with E-state index in [2.05, 4.69) is 6.92 Å². The molecule has 0 aliphatic carbocycles. The molecule has 8 heteroatoms. The Bertz CT molecular complexity index is 660. The SMILES string of the molecule is CC1SCCN(c2ccc(S(N)(=O)=O)cc2C(=O)O)C1C. The summed E-state index contributed by atoms with van der Waals surface area (Å²) in [6.45, 7) is 4.86. The first kappa shape index (κ1) is 16.1. The minimum atomic E-state index is -3.92. The molecule has 1 aliphatic rings. The number of hydrogen-bond acceptors (Lipinski definition) is 5. The Kier molecular flexibility index (Phi) is 4.50. The van der Waals surface area contributed by atoms with Crippen molar-refractivity contribution in [3.8, 4) is 0 Å².